The molecule has 2 amide bonds. The normalized spacial score (nSPS) is 28.2. The van der Waals surface area contributed by atoms with Crippen molar-refractivity contribution in [2.24, 2.45) is 0 Å². The number of fused-ring (bicyclic) bond motifs is 1. The maximum atomic E-state index is 13.3. The smallest absolute Gasteiger partial charge is 0.254 e. The van der Waals surface area contributed by atoms with E-state index in [4.69, 9.17) is 4.74 Å². The van der Waals surface area contributed by atoms with Gasteiger partial charge in [0.1, 0.15) is 11.0 Å². The molecule has 0 bridgehead atoms. The summed E-state index contributed by atoms with van der Waals surface area (Å²) in [5.41, 5.74) is 2.26. The molecule has 3 aliphatic rings. The number of nitrogens with zero attached hydrogens (tertiary/aromatic N) is 4. The van der Waals surface area contributed by atoms with Gasteiger partial charge in [0.25, 0.3) is 5.91 Å². The van der Waals surface area contributed by atoms with Crippen LogP contribution in [-0.2, 0) is 9.53 Å². The predicted molar refractivity (Wildman–Crippen MR) is 103 cm³/mol. The summed E-state index contributed by atoms with van der Waals surface area (Å²) in [6.45, 7) is 1.02. The highest BCUT2D eigenvalue weighted by Gasteiger charge is 2.65. The molecule has 8 heteroatoms. The average molecular weight is 389 g/mol. The molecule has 0 unspecified atom stereocenters. The van der Waals surface area contributed by atoms with Gasteiger partial charge in [-0.05, 0) is 23.8 Å². The second-order valence-electron chi connectivity index (χ2n) is 7.84. The Morgan fingerprint density at radius 3 is 2.83 bits per heavy atom. The molecule has 8 nitrogen and oxygen atoms in total. The van der Waals surface area contributed by atoms with Crippen molar-refractivity contribution < 1.29 is 14.3 Å². The highest BCUT2D eigenvalue weighted by atomic mass is 16.5. The number of amides is 2. The third-order valence-corrected chi connectivity index (χ3v) is 6.46. The Balaban J connectivity index is 1.33. The van der Waals surface area contributed by atoms with Crippen LogP contribution in [0.15, 0.2) is 48.5 Å². The van der Waals surface area contributed by atoms with E-state index in [1.807, 2.05) is 35.2 Å². The predicted octanol–water partition coefficient (Wildman–Crippen LogP) is 1.87. The van der Waals surface area contributed by atoms with Crippen LogP contribution in [0.3, 0.4) is 0 Å². The number of hydrogen-bond acceptors (Lipinski definition) is 5. The Kier molecular flexibility index (Phi) is 3.37. The van der Waals surface area contributed by atoms with Crippen molar-refractivity contribution in [2.45, 2.75) is 30.7 Å². The van der Waals surface area contributed by atoms with Crippen LogP contribution in [0.2, 0.25) is 0 Å². The lowest BCUT2D eigenvalue weighted by Crippen LogP contribution is -2.49. The van der Waals surface area contributed by atoms with Crippen LogP contribution in [-0.4, -0.2) is 61.9 Å². The van der Waals surface area contributed by atoms with E-state index >= 15 is 0 Å². The number of nitrogens with one attached hydrogen (secondary N) is 1. The number of carbonyl (C=O) groups excluding carboxylic acids is 2. The van der Waals surface area contributed by atoms with E-state index < -0.39 is 5.72 Å². The second kappa shape index (κ2) is 5.87. The summed E-state index contributed by atoms with van der Waals surface area (Å²) >= 11 is 0. The van der Waals surface area contributed by atoms with Crippen LogP contribution in [0, 0.1) is 0 Å². The van der Waals surface area contributed by atoms with Crippen molar-refractivity contribution in [1.29, 1.82) is 0 Å². The summed E-state index contributed by atoms with van der Waals surface area (Å²) in [5, 5.41) is 10.7. The number of aromatic nitrogens is 3. The van der Waals surface area contributed by atoms with Gasteiger partial charge >= 0.3 is 0 Å². The number of rotatable bonds is 2. The minimum Gasteiger partial charge on any atom is -0.351 e. The molecule has 2 aromatic carbocycles. The highest BCUT2D eigenvalue weighted by Crippen LogP contribution is 2.51. The van der Waals surface area contributed by atoms with E-state index in [-0.39, 0.29) is 23.9 Å². The summed E-state index contributed by atoms with van der Waals surface area (Å²) < 4.78 is 6.28. The number of hydrogen-bond donors (Lipinski definition) is 1. The molecule has 0 saturated carbocycles. The lowest BCUT2D eigenvalue weighted by Gasteiger charge is -2.33. The number of likely N-dealkylation sites (tertiary alicyclic amines) is 1. The summed E-state index contributed by atoms with van der Waals surface area (Å²) in [5.74, 6) is -0.0519. The molecule has 29 heavy (non-hydrogen) atoms. The van der Waals surface area contributed by atoms with Crippen LogP contribution >= 0.6 is 0 Å². The zero-order valence-corrected chi connectivity index (χ0v) is 15.6. The van der Waals surface area contributed by atoms with Crippen molar-refractivity contribution in [3.63, 3.8) is 0 Å². The highest BCUT2D eigenvalue weighted by molar-refractivity contribution is 5.98. The zero-order chi connectivity index (χ0) is 19.6. The third-order valence-electron chi connectivity index (χ3n) is 6.46. The van der Waals surface area contributed by atoms with Crippen LogP contribution in [0.5, 0.6) is 0 Å². The molecule has 3 saturated heterocycles. The quantitative estimate of drug-likeness (QED) is 0.723. The van der Waals surface area contributed by atoms with E-state index in [1.165, 1.54) is 0 Å². The number of ether oxygens (including phenoxy) is 1. The molecule has 3 aromatic rings. The number of H-pyrrole nitrogens is 1. The first-order chi connectivity index (χ1) is 14.2. The fourth-order valence-corrected chi connectivity index (χ4v) is 5.15. The Bertz CT molecular complexity index is 1130. The standard InChI is InChI=1S/C21H19N5O3/c27-19-11-18-21(26(19)17(12-29-21)13-4-2-1-3-5-13)8-9-25(18)20(28)14-6-7-15-16(10-14)23-24-22-15/h1-7,10,17-18H,8-9,11-12H2,(H,22,23,24)/t17-,18+,21-/m0/s1. The van der Waals surface area contributed by atoms with Crippen molar-refractivity contribution in [1.82, 2.24) is 25.2 Å². The van der Waals surface area contributed by atoms with Crippen LogP contribution in [0.4, 0.5) is 0 Å². The molecule has 146 valence electrons. The zero-order valence-electron chi connectivity index (χ0n) is 15.6. The topological polar surface area (TPSA) is 91.4 Å². The van der Waals surface area contributed by atoms with E-state index in [0.29, 0.717) is 42.6 Å². The van der Waals surface area contributed by atoms with Gasteiger partial charge in [0, 0.05) is 18.5 Å². The molecule has 1 N–H and O–H groups in total. The van der Waals surface area contributed by atoms with E-state index in [0.717, 1.165) is 5.56 Å². The number of benzene rings is 2. The summed E-state index contributed by atoms with van der Waals surface area (Å²) in [6.07, 6.45) is 0.923. The maximum Gasteiger partial charge on any atom is 0.254 e. The molecule has 3 aliphatic heterocycles. The largest absolute Gasteiger partial charge is 0.351 e. The Labute approximate surface area is 166 Å². The third kappa shape index (κ3) is 2.23. The fourth-order valence-electron chi connectivity index (χ4n) is 5.15. The molecule has 6 rings (SSSR count). The van der Waals surface area contributed by atoms with Gasteiger partial charge < -0.3 is 14.5 Å². The Morgan fingerprint density at radius 2 is 1.97 bits per heavy atom. The molecule has 1 spiro atoms. The minimum atomic E-state index is -0.717. The van der Waals surface area contributed by atoms with Gasteiger partial charge in [-0.25, -0.2) is 0 Å². The van der Waals surface area contributed by atoms with Gasteiger partial charge in [-0.3, -0.25) is 9.59 Å². The summed E-state index contributed by atoms with van der Waals surface area (Å²) in [7, 11) is 0. The Hall–Kier alpha value is -3.26. The molecule has 1 aromatic heterocycles. The lowest BCUT2D eigenvalue weighted by molar-refractivity contribution is -0.138. The fraction of sp³-hybridized carbons (Fsp3) is 0.333. The van der Waals surface area contributed by atoms with Crippen molar-refractivity contribution in [3.8, 4) is 0 Å². The van der Waals surface area contributed by atoms with Gasteiger partial charge in [0.2, 0.25) is 5.91 Å². The molecular weight excluding hydrogens is 370 g/mol. The van der Waals surface area contributed by atoms with Crippen LogP contribution in [0.25, 0.3) is 11.0 Å². The summed E-state index contributed by atoms with van der Waals surface area (Å²) in [4.78, 5) is 29.9. The van der Waals surface area contributed by atoms with E-state index in [1.54, 1.807) is 23.1 Å². The average Bonchev–Trinajstić information content (AvgIpc) is 3.49. The molecule has 4 heterocycles. The van der Waals surface area contributed by atoms with Crippen molar-refractivity contribution >= 4 is 22.8 Å². The minimum absolute atomic E-state index is 0.0470. The summed E-state index contributed by atoms with van der Waals surface area (Å²) in [6, 6.07) is 14.9. The van der Waals surface area contributed by atoms with Crippen molar-refractivity contribution in [2.75, 3.05) is 13.2 Å². The van der Waals surface area contributed by atoms with Crippen LogP contribution in [0.1, 0.15) is 34.8 Å². The SMILES string of the molecule is O=C(c1ccc2n[nH]nc2c1)N1CC[C@@]23OC[C@@H](c4ccccc4)N2C(=O)C[C@@H]13. The monoisotopic (exact) mass is 389 g/mol. The second-order valence-corrected chi connectivity index (χ2v) is 7.84. The molecule has 3 atom stereocenters. The van der Waals surface area contributed by atoms with E-state index in [2.05, 4.69) is 15.4 Å². The maximum absolute atomic E-state index is 13.3. The van der Waals surface area contributed by atoms with Crippen LogP contribution < -0.4 is 0 Å². The molecule has 0 radical (unpaired) electrons. The first-order valence-electron chi connectivity index (χ1n) is 9.80. The van der Waals surface area contributed by atoms with Gasteiger partial charge in [0.15, 0.2) is 5.72 Å². The number of aromatic amines is 1. The number of carbonyl (C=O) groups is 2. The lowest BCUT2D eigenvalue weighted by atomic mass is 10.0. The molecule has 3 fully saturated rings. The first kappa shape index (κ1) is 16.7. The van der Waals surface area contributed by atoms with E-state index in [9.17, 15) is 9.59 Å². The van der Waals surface area contributed by atoms with Gasteiger partial charge in [-0.15, -0.1) is 0 Å². The van der Waals surface area contributed by atoms with Crippen molar-refractivity contribution in [3.05, 3.63) is 59.7 Å². The van der Waals surface area contributed by atoms with Gasteiger partial charge in [0.05, 0.1) is 25.1 Å². The first-order valence-corrected chi connectivity index (χ1v) is 9.80. The molecule has 0 aliphatic carbocycles. The Morgan fingerprint density at radius 1 is 1.14 bits per heavy atom. The van der Waals surface area contributed by atoms with Gasteiger partial charge in [-0.1, -0.05) is 30.3 Å². The van der Waals surface area contributed by atoms with Gasteiger partial charge in [-0.2, -0.15) is 15.4 Å². The molecular formula is C21H19N5O3.